The van der Waals surface area contributed by atoms with Crippen LogP contribution in [0.25, 0.3) is 0 Å². The lowest BCUT2D eigenvalue weighted by Crippen LogP contribution is -2.67. The van der Waals surface area contributed by atoms with E-state index in [0.717, 1.165) is 25.9 Å². The van der Waals surface area contributed by atoms with E-state index in [4.69, 9.17) is 4.99 Å². The summed E-state index contributed by atoms with van der Waals surface area (Å²) in [5.41, 5.74) is 0. The molecule has 11 heteroatoms. The Balaban J connectivity index is 1.41. The molecule has 172 valence electrons. The highest BCUT2D eigenvalue weighted by Crippen LogP contribution is 2.35. The second-order valence-electron chi connectivity index (χ2n) is 8.80. The number of nitrogens with one attached hydrogen (secondary N) is 1. The van der Waals surface area contributed by atoms with Crippen LogP contribution in [0.15, 0.2) is 35.7 Å². The molecule has 8 nitrogen and oxygen atoms in total. The standard InChI is InChI=1S/C21H26F3N7O/c22-21(23,24)14-3-1-10-30(12-14)18-6-5-16-19(28-18)31(15-4-2-9-29(16)13-15)20(32)27-17-11-25-7-8-26-17/h5-8,11,14-16,19H,1-4,9-10,12-13H2,(H,26,27,32)/t14-,15-,16?,19?/m0/s1. The molecule has 0 saturated carbocycles. The van der Waals surface area contributed by atoms with Gasteiger partial charge in [0.2, 0.25) is 0 Å². The SMILES string of the molecule is O=C(Nc1cnccn1)N1C2N=C(N3CCC[C@H](C(F)(F)F)C3)C=CC2N2CCC[C@H]1C2. The summed E-state index contributed by atoms with van der Waals surface area (Å²) in [4.78, 5) is 32.0. The normalized spacial score (nSPS) is 32.2. The first-order valence-electron chi connectivity index (χ1n) is 11.1. The van der Waals surface area contributed by atoms with E-state index in [0.29, 0.717) is 24.6 Å². The second-order valence-corrected chi connectivity index (χ2v) is 8.80. The van der Waals surface area contributed by atoms with Gasteiger partial charge in [-0.1, -0.05) is 6.08 Å². The molecule has 4 aliphatic heterocycles. The Morgan fingerprint density at radius 2 is 1.97 bits per heavy atom. The molecule has 3 fully saturated rings. The van der Waals surface area contributed by atoms with Gasteiger partial charge in [-0.05, 0) is 38.3 Å². The number of likely N-dealkylation sites (tertiary alicyclic amines) is 1. The Bertz CT molecular complexity index is 906. The molecule has 4 aliphatic rings. The highest BCUT2D eigenvalue weighted by atomic mass is 19.4. The van der Waals surface area contributed by atoms with Crippen molar-refractivity contribution in [3.8, 4) is 0 Å². The summed E-state index contributed by atoms with van der Waals surface area (Å²) in [6.07, 6.45) is 6.09. The summed E-state index contributed by atoms with van der Waals surface area (Å²) in [6.45, 7) is 2.12. The van der Waals surface area contributed by atoms with Gasteiger partial charge in [0.1, 0.15) is 12.0 Å². The Morgan fingerprint density at radius 1 is 1.12 bits per heavy atom. The largest absolute Gasteiger partial charge is 0.393 e. The number of fused-ring (bicyclic) bond motifs is 4. The lowest BCUT2D eigenvalue weighted by atomic mass is 9.93. The summed E-state index contributed by atoms with van der Waals surface area (Å²) in [6, 6.07) is -0.411. The molecular weight excluding hydrogens is 423 g/mol. The van der Waals surface area contributed by atoms with Gasteiger partial charge >= 0.3 is 12.2 Å². The van der Waals surface area contributed by atoms with Gasteiger partial charge in [-0.2, -0.15) is 13.2 Å². The number of hydrogen-bond donors (Lipinski definition) is 1. The number of urea groups is 1. The minimum absolute atomic E-state index is 0.0116. The smallest absolute Gasteiger partial charge is 0.356 e. The van der Waals surface area contributed by atoms with E-state index in [1.165, 1.54) is 18.6 Å². The van der Waals surface area contributed by atoms with Gasteiger partial charge in [0, 0.05) is 38.1 Å². The van der Waals surface area contributed by atoms with Crippen molar-refractivity contribution >= 4 is 17.7 Å². The van der Waals surface area contributed by atoms with E-state index >= 15 is 0 Å². The molecule has 1 aromatic rings. The van der Waals surface area contributed by atoms with Crippen molar-refractivity contribution in [2.45, 2.75) is 50.1 Å². The number of alkyl halides is 3. The van der Waals surface area contributed by atoms with Gasteiger partial charge in [0.25, 0.3) is 0 Å². The van der Waals surface area contributed by atoms with Crippen LogP contribution >= 0.6 is 0 Å². The zero-order valence-corrected chi connectivity index (χ0v) is 17.6. The summed E-state index contributed by atoms with van der Waals surface area (Å²) < 4.78 is 40.0. The van der Waals surface area contributed by atoms with E-state index in [1.54, 1.807) is 9.80 Å². The molecule has 1 N–H and O–H groups in total. The minimum atomic E-state index is -4.21. The first-order chi connectivity index (χ1) is 15.4. The number of dihydropyridines is 1. The molecule has 2 bridgehead atoms. The van der Waals surface area contributed by atoms with Gasteiger partial charge < -0.3 is 4.90 Å². The zero-order valence-electron chi connectivity index (χ0n) is 17.6. The molecule has 1 aromatic heterocycles. The predicted octanol–water partition coefficient (Wildman–Crippen LogP) is 2.73. The number of halogens is 3. The van der Waals surface area contributed by atoms with Crippen LogP contribution in [0, 0.1) is 5.92 Å². The molecule has 0 aliphatic carbocycles. The van der Waals surface area contributed by atoms with Gasteiger partial charge in [0.05, 0.1) is 18.2 Å². The van der Waals surface area contributed by atoms with Gasteiger partial charge in [-0.25, -0.2) is 14.8 Å². The third kappa shape index (κ3) is 4.05. The van der Waals surface area contributed by atoms with E-state index in [2.05, 4.69) is 20.2 Å². The Morgan fingerprint density at radius 3 is 2.75 bits per heavy atom. The Kier molecular flexibility index (Phi) is 5.52. The highest BCUT2D eigenvalue weighted by molar-refractivity contribution is 5.95. The van der Waals surface area contributed by atoms with Crippen LogP contribution in [0.4, 0.5) is 23.8 Å². The number of carbonyl (C=O) groups is 1. The highest BCUT2D eigenvalue weighted by Gasteiger charge is 2.47. The third-order valence-electron chi connectivity index (χ3n) is 6.78. The Hall–Kier alpha value is -2.69. The number of amidine groups is 1. The zero-order chi connectivity index (χ0) is 22.3. The third-order valence-corrected chi connectivity index (χ3v) is 6.78. The van der Waals surface area contributed by atoms with Crippen LogP contribution in [-0.2, 0) is 0 Å². The second kappa shape index (κ2) is 8.34. The van der Waals surface area contributed by atoms with Crippen molar-refractivity contribution in [1.82, 2.24) is 24.7 Å². The van der Waals surface area contributed by atoms with Crippen LogP contribution < -0.4 is 5.32 Å². The van der Waals surface area contributed by atoms with E-state index in [9.17, 15) is 18.0 Å². The lowest BCUT2D eigenvalue weighted by molar-refractivity contribution is -0.183. The first kappa shape index (κ1) is 21.2. The first-order valence-corrected chi connectivity index (χ1v) is 11.1. The number of anilines is 1. The number of hydrogen-bond acceptors (Lipinski definition) is 6. The number of aliphatic imine (C=N–C) groups is 1. The molecule has 2 amide bonds. The van der Waals surface area contributed by atoms with Gasteiger partial charge in [-0.15, -0.1) is 0 Å². The monoisotopic (exact) mass is 449 g/mol. The van der Waals surface area contributed by atoms with Crippen LogP contribution in [0.3, 0.4) is 0 Å². The van der Waals surface area contributed by atoms with Crippen LogP contribution in [0.5, 0.6) is 0 Å². The average Bonchev–Trinajstić information content (AvgIpc) is 2.79. The fourth-order valence-corrected chi connectivity index (χ4v) is 5.24. The summed E-state index contributed by atoms with van der Waals surface area (Å²) in [7, 11) is 0. The molecule has 32 heavy (non-hydrogen) atoms. The molecular formula is C21H26F3N7O. The lowest BCUT2D eigenvalue weighted by Gasteiger charge is -2.53. The van der Waals surface area contributed by atoms with Crippen molar-refractivity contribution in [2.24, 2.45) is 10.9 Å². The molecule has 0 radical (unpaired) electrons. The van der Waals surface area contributed by atoms with Crippen molar-refractivity contribution in [2.75, 3.05) is 31.5 Å². The number of amides is 2. The predicted molar refractivity (Wildman–Crippen MR) is 112 cm³/mol. The van der Waals surface area contributed by atoms with Crippen molar-refractivity contribution in [3.05, 3.63) is 30.7 Å². The molecule has 5 rings (SSSR count). The molecule has 3 saturated heterocycles. The van der Waals surface area contributed by atoms with Crippen LogP contribution in [-0.4, -0.2) is 87.1 Å². The number of rotatable bonds is 1. The molecule has 0 aromatic carbocycles. The van der Waals surface area contributed by atoms with Gasteiger partial charge in [0.15, 0.2) is 5.82 Å². The number of piperidine rings is 2. The van der Waals surface area contributed by atoms with E-state index in [-0.39, 0.29) is 31.1 Å². The van der Waals surface area contributed by atoms with Gasteiger partial charge in [-0.3, -0.25) is 20.1 Å². The van der Waals surface area contributed by atoms with Crippen molar-refractivity contribution in [3.63, 3.8) is 0 Å². The molecule has 5 atom stereocenters. The molecule has 5 heterocycles. The van der Waals surface area contributed by atoms with E-state index in [1.807, 2.05) is 12.2 Å². The van der Waals surface area contributed by atoms with Crippen molar-refractivity contribution in [1.29, 1.82) is 0 Å². The summed E-state index contributed by atoms with van der Waals surface area (Å²) in [5, 5.41) is 2.81. The summed E-state index contributed by atoms with van der Waals surface area (Å²) >= 11 is 0. The maximum absolute atomic E-state index is 13.3. The van der Waals surface area contributed by atoms with Crippen LogP contribution in [0.2, 0.25) is 0 Å². The molecule has 0 spiro atoms. The average molecular weight is 449 g/mol. The fraction of sp³-hybridized carbons (Fsp3) is 0.619. The van der Waals surface area contributed by atoms with Crippen LogP contribution in [0.1, 0.15) is 25.7 Å². The number of aromatic nitrogens is 2. The Labute approximate surface area is 184 Å². The number of piperazine rings is 1. The fourth-order valence-electron chi connectivity index (χ4n) is 5.24. The molecule has 3 unspecified atom stereocenters. The minimum Gasteiger partial charge on any atom is -0.356 e. The topological polar surface area (TPSA) is 77.0 Å². The van der Waals surface area contributed by atoms with E-state index < -0.39 is 18.3 Å². The van der Waals surface area contributed by atoms with Crippen molar-refractivity contribution < 1.29 is 18.0 Å². The summed E-state index contributed by atoms with van der Waals surface area (Å²) in [5.74, 6) is -0.471. The number of carbonyl (C=O) groups excluding carboxylic acids is 1. The maximum Gasteiger partial charge on any atom is 0.393 e. The number of nitrogens with zero attached hydrogens (tertiary/aromatic N) is 6. The maximum atomic E-state index is 13.3. The quantitative estimate of drug-likeness (QED) is 0.714.